The zero-order chi connectivity index (χ0) is 12.1. The molecule has 0 saturated carbocycles. The molecule has 1 rings (SSSR count). The Morgan fingerprint density at radius 1 is 1.69 bits per heavy atom. The fraction of sp³-hybridized carbons (Fsp3) is 0.444. The Bertz CT molecular complexity index is 397. The Hall–Kier alpha value is -1.89. The Balaban J connectivity index is 3.04. The number of aromatic nitrogens is 2. The van der Waals surface area contributed by atoms with E-state index in [0.29, 0.717) is 5.82 Å². The van der Waals surface area contributed by atoms with Crippen molar-refractivity contribution in [3.05, 3.63) is 28.3 Å². The van der Waals surface area contributed by atoms with Gasteiger partial charge in [0, 0.05) is 26.4 Å². The molecule has 0 aromatic carbocycles. The summed E-state index contributed by atoms with van der Waals surface area (Å²) in [6.07, 6.45) is 4.58. The second-order valence-electron chi connectivity index (χ2n) is 3.39. The van der Waals surface area contributed by atoms with E-state index in [0.717, 1.165) is 0 Å². The first kappa shape index (κ1) is 12.2. The highest BCUT2D eigenvalue weighted by molar-refractivity contribution is 5.43. The summed E-state index contributed by atoms with van der Waals surface area (Å²) in [5, 5.41) is 19.5. The maximum atomic E-state index is 10.7. The molecule has 88 valence electrons. The number of rotatable bonds is 5. The number of imidazole rings is 1. The smallest absolute Gasteiger partial charge is 0.343 e. The van der Waals surface area contributed by atoms with Crippen molar-refractivity contribution >= 4 is 11.9 Å². The van der Waals surface area contributed by atoms with Crippen molar-refractivity contribution in [2.75, 3.05) is 20.7 Å². The van der Waals surface area contributed by atoms with Gasteiger partial charge in [0.2, 0.25) is 5.82 Å². The monoisotopic (exact) mass is 226 g/mol. The van der Waals surface area contributed by atoms with Crippen LogP contribution in [0.4, 0.5) is 5.82 Å². The number of hydrogen-bond acceptors (Lipinski definition) is 5. The number of aliphatic hydroxyl groups excluding tert-OH is 1. The second-order valence-corrected chi connectivity index (χ2v) is 3.39. The van der Waals surface area contributed by atoms with E-state index >= 15 is 0 Å². The Morgan fingerprint density at radius 3 is 2.88 bits per heavy atom. The minimum atomic E-state index is -0.518. The van der Waals surface area contributed by atoms with Gasteiger partial charge in [-0.1, -0.05) is 0 Å². The molecular formula is C9H14N4O3. The third-order valence-electron chi connectivity index (χ3n) is 1.90. The molecule has 0 amide bonds. The van der Waals surface area contributed by atoms with E-state index in [4.69, 9.17) is 5.11 Å². The lowest BCUT2D eigenvalue weighted by Crippen LogP contribution is -2.08. The van der Waals surface area contributed by atoms with Crippen molar-refractivity contribution in [1.29, 1.82) is 0 Å². The molecule has 1 aromatic rings. The van der Waals surface area contributed by atoms with E-state index in [-0.39, 0.29) is 19.0 Å². The third-order valence-corrected chi connectivity index (χ3v) is 1.90. The van der Waals surface area contributed by atoms with Crippen molar-refractivity contribution < 1.29 is 10.0 Å². The molecule has 1 heterocycles. The molecule has 0 radical (unpaired) electrons. The van der Waals surface area contributed by atoms with E-state index in [2.05, 4.69) is 4.98 Å². The third kappa shape index (κ3) is 2.80. The minimum absolute atomic E-state index is 0.118. The first-order chi connectivity index (χ1) is 7.56. The van der Waals surface area contributed by atoms with Crippen LogP contribution in [0.3, 0.4) is 0 Å². The van der Waals surface area contributed by atoms with Crippen LogP contribution in [0.15, 0.2) is 12.4 Å². The molecule has 0 spiro atoms. The zero-order valence-corrected chi connectivity index (χ0v) is 9.20. The van der Waals surface area contributed by atoms with Gasteiger partial charge < -0.3 is 20.1 Å². The average molecular weight is 226 g/mol. The van der Waals surface area contributed by atoms with Crippen LogP contribution in [-0.4, -0.2) is 45.2 Å². The lowest BCUT2D eigenvalue weighted by atomic mass is 10.5. The minimum Gasteiger partial charge on any atom is -0.392 e. The Labute approximate surface area is 92.8 Å². The summed E-state index contributed by atoms with van der Waals surface area (Å²) in [5.74, 6) is 0.335. The van der Waals surface area contributed by atoms with Crippen molar-refractivity contribution in [3.63, 3.8) is 0 Å². The number of nitro groups is 1. The largest absolute Gasteiger partial charge is 0.392 e. The predicted octanol–water partition coefficient (Wildman–Crippen LogP) is 0.316. The first-order valence-electron chi connectivity index (χ1n) is 4.71. The maximum Gasteiger partial charge on any atom is 0.343 e. The van der Waals surface area contributed by atoms with Crippen molar-refractivity contribution in [2.24, 2.45) is 0 Å². The molecule has 1 N–H and O–H groups in total. The standard InChI is InChI=1S/C9H14N4O3/c1-11(2)4-3-8-10-7-9(13(15)16)12(8)5-6-14/h3-4,7,14H,5-6H2,1-2H3/b4-3+. The van der Waals surface area contributed by atoms with E-state index in [1.54, 1.807) is 17.2 Å². The quantitative estimate of drug-likeness (QED) is 0.577. The van der Waals surface area contributed by atoms with Gasteiger partial charge in [0.05, 0.1) is 6.61 Å². The molecule has 0 aliphatic carbocycles. The van der Waals surface area contributed by atoms with E-state index in [9.17, 15) is 10.1 Å². The van der Waals surface area contributed by atoms with Gasteiger partial charge in [0.1, 0.15) is 12.7 Å². The highest BCUT2D eigenvalue weighted by Gasteiger charge is 2.17. The molecule has 7 heteroatoms. The van der Waals surface area contributed by atoms with Gasteiger partial charge in [0.15, 0.2) is 0 Å². The van der Waals surface area contributed by atoms with Crippen molar-refractivity contribution in [1.82, 2.24) is 14.5 Å². The molecule has 0 unspecified atom stereocenters. The molecule has 16 heavy (non-hydrogen) atoms. The summed E-state index contributed by atoms with van der Waals surface area (Å²) in [6.45, 7) is -0.0105. The lowest BCUT2D eigenvalue weighted by Gasteiger charge is -2.03. The van der Waals surface area contributed by atoms with Gasteiger partial charge in [-0.3, -0.25) is 0 Å². The van der Waals surface area contributed by atoms with Gasteiger partial charge in [0.25, 0.3) is 0 Å². The summed E-state index contributed by atoms with van der Waals surface area (Å²) >= 11 is 0. The molecule has 7 nitrogen and oxygen atoms in total. The van der Waals surface area contributed by atoms with Crippen molar-refractivity contribution in [2.45, 2.75) is 6.54 Å². The van der Waals surface area contributed by atoms with Gasteiger partial charge in [-0.25, -0.2) is 9.55 Å². The fourth-order valence-electron chi connectivity index (χ4n) is 1.20. The molecule has 0 saturated heterocycles. The van der Waals surface area contributed by atoms with E-state index < -0.39 is 4.92 Å². The summed E-state index contributed by atoms with van der Waals surface area (Å²) < 4.78 is 1.36. The number of nitrogens with zero attached hydrogens (tertiary/aromatic N) is 4. The number of hydrogen-bond donors (Lipinski definition) is 1. The molecule has 0 atom stereocenters. The zero-order valence-electron chi connectivity index (χ0n) is 9.20. The first-order valence-corrected chi connectivity index (χ1v) is 4.71. The highest BCUT2D eigenvalue weighted by atomic mass is 16.6. The van der Waals surface area contributed by atoms with Gasteiger partial charge in [-0.15, -0.1) is 0 Å². The Morgan fingerprint density at radius 2 is 2.38 bits per heavy atom. The second kappa shape index (κ2) is 5.26. The van der Waals surface area contributed by atoms with Gasteiger partial charge in [-0.05, 0) is 4.92 Å². The summed E-state index contributed by atoms with van der Waals surface area (Å²) in [4.78, 5) is 15.9. The molecular weight excluding hydrogens is 212 g/mol. The van der Waals surface area contributed by atoms with Crippen molar-refractivity contribution in [3.8, 4) is 0 Å². The van der Waals surface area contributed by atoms with Crippen LogP contribution < -0.4 is 0 Å². The van der Waals surface area contributed by atoms with E-state index in [1.165, 1.54) is 10.8 Å². The predicted molar refractivity (Wildman–Crippen MR) is 58.7 cm³/mol. The Kier molecular flexibility index (Phi) is 4.01. The normalized spacial score (nSPS) is 10.9. The lowest BCUT2D eigenvalue weighted by molar-refractivity contribution is -0.392. The maximum absolute atomic E-state index is 10.7. The highest BCUT2D eigenvalue weighted by Crippen LogP contribution is 2.14. The fourth-order valence-corrected chi connectivity index (χ4v) is 1.20. The van der Waals surface area contributed by atoms with Crippen LogP contribution in [0.25, 0.3) is 6.08 Å². The summed E-state index contributed by atoms with van der Waals surface area (Å²) in [7, 11) is 3.68. The van der Waals surface area contributed by atoms with Gasteiger partial charge >= 0.3 is 5.82 Å². The summed E-state index contributed by atoms with van der Waals surface area (Å²) in [6, 6.07) is 0. The van der Waals surface area contributed by atoms with Crippen LogP contribution in [0.2, 0.25) is 0 Å². The SMILES string of the molecule is CN(C)/C=C/c1ncc([N+](=O)[O-])n1CCO. The van der Waals surface area contributed by atoms with Crippen LogP contribution in [0.1, 0.15) is 5.82 Å². The number of aliphatic hydroxyl groups is 1. The van der Waals surface area contributed by atoms with Crippen LogP contribution in [0, 0.1) is 10.1 Å². The average Bonchev–Trinajstić information content (AvgIpc) is 2.59. The topological polar surface area (TPSA) is 84.4 Å². The molecule has 0 fully saturated rings. The van der Waals surface area contributed by atoms with Crippen LogP contribution in [0.5, 0.6) is 0 Å². The summed E-state index contributed by atoms with van der Waals surface area (Å²) in [5.41, 5.74) is 0. The van der Waals surface area contributed by atoms with Crippen LogP contribution in [-0.2, 0) is 6.54 Å². The molecule has 0 aliphatic rings. The molecule has 0 bridgehead atoms. The van der Waals surface area contributed by atoms with E-state index in [1.807, 2.05) is 14.1 Å². The molecule has 1 aromatic heterocycles. The van der Waals surface area contributed by atoms with Gasteiger partial charge in [-0.2, -0.15) is 0 Å². The molecule has 0 aliphatic heterocycles. The van der Waals surface area contributed by atoms with Crippen LogP contribution >= 0.6 is 0 Å².